The molecule has 44 valence electrons. The fourth-order valence-electron chi connectivity index (χ4n) is 0.521. The normalized spacial score (nSPS) is 28.4. The second kappa shape index (κ2) is 1.74. The van der Waals surface area contributed by atoms with E-state index in [4.69, 9.17) is 11.6 Å². The zero-order chi connectivity index (χ0) is 6.15. The molecule has 0 bridgehead atoms. The summed E-state index contributed by atoms with van der Waals surface area (Å²) in [4.78, 5) is 20.6. The zero-order valence-electron chi connectivity index (χ0n) is 3.98. The Kier molecular flexibility index (Phi) is 1.21. The van der Waals surface area contributed by atoms with Crippen LogP contribution in [0.15, 0.2) is 0 Å². The molecular weight excluding hydrogens is 130 g/mol. The highest BCUT2D eigenvalue weighted by Gasteiger charge is 2.27. The molecule has 1 unspecified atom stereocenters. The van der Waals surface area contributed by atoms with E-state index in [1.165, 1.54) is 0 Å². The monoisotopic (exact) mass is 133 g/mol. The summed E-state index contributed by atoms with van der Waals surface area (Å²) in [7, 11) is 0. The maximum absolute atomic E-state index is 10.4. The van der Waals surface area contributed by atoms with Gasteiger partial charge in [0.05, 0.1) is 6.42 Å². The molecule has 0 aromatic rings. The van der Waals surface area contributed by atoms with Gasteiger partial charge in [-0.25, -0.2) is 0 Å². The maximum atomic E-state index is 10.4. The van der Waals surface area contributed by atoms with Gasteiger partial charge in [0.15, 0.2) is 11.3 Å². The standard InChI is InChI=1S/C4H4ClNO2/c5-4-2(7)1-3(8)6-4/h4H,1H2,(H,6,8). The highest BCUT2D eigenvalue weighted by molar-refractivity contribution is 6.35. The van der Waals surface area contributed by atoms with Gasteiger partial charge in [0.25, 0.3) is 0 Å². The molecule has 0 aliphatic carbocycles. The summed E-state index contributed by atoms with van der Waals surface area (Å²) in [6.45, 7) is 0. The number of ketones is 1. The molecule has 1 N–H and O–H groups in total. The topological polar surface area (TPSA) is 46.2 Å². The van der Waals surface area contributed by atoms with Crippen molar-refractivity contribution >= 4 is 23.3 Å². The molecule has 0 aromatic heterocycles. The number of nitrogens with one attached hydrogen (secondary N) is 1. The Bertz CT molecular complexity index is 145. The second-order valence-electron chi connectivity index (χ2n) is 1.57. The van der Waals surface area contributed by atoms with Crippen LogP contribution < -0.4 is 5.32 Å². The molecule has 0 spiro atoms. The third-order valence-corrected chi connectivity index (χ3v) is 1.26. The fourth-order valence-corrected chi connectivity index (χ4v) is 0.720. The summed E-state index contributed by atoms with van der Waals surface area (Å²) in [5, 5.41) is 2.24. The fraction of sp³-hybridized carbons (Fsp3) is 0.500. The van der Waals surface area contributed by atoms with Gasteiger partial charge in [-0.3, -0.25) is 9.59 Å². The summed E-state index contributed by atoms with van der Waals surface area (Å²) in [5.41, 5.74) is -0.775. The second-order valence-corrected chi connectivity index (χ2v) is 2.01. The van der Waals surface area contributed by atoms with Crippen molar-refractivity contribution in [2.45, 2.75) is 11.9 Å². The Morgan fingerprint density at radius 1 is 1.62 bits per heavy atom. The summed E-state index contributed by atoms with van der Waals surface area (Å²) in [5.74, 6) is -0.522. The average molecular weight is 134 g/mol. The van der Waals surface area contributed by atoms with Gasteiger partial charge < -0.3 is 5.32 Å². The molecule has 1 fully saturated rings. The van der Waals surface area contributed by atoms with Crippen LogP contribution in [0.2, 0.25) is 0 Å². The number of alkyl halides is 1. The molecule has 1 saturated heterocycles. The first-order valence-corrected chi connectivity index (χ1v) is 2.60. The van der Waals surface area contributed by atoms with E-state index in [1.807, 2.05) is 0 Å². The SMILES string of the molecule is O=C1CC(=O)C(Cl)N1. The van der Waals surface area contributed by atoms with Gasteiger partial charge in [0, 0.05) is 0 Å². The van der Waals surface area contributed by atoms with E-state index in [0.29, 0.717) is 0 Å². The van der Waals surface area contributed by atoms with Crippen LogP contribution in [0.1, 0.15) is 6.42 Å². The van der Waals surface area contributed by atoms with E-state index >= 15 is 0 Å². The third-order valence-electron chi connectivity index (χ3n) is 0.905. The summed E-state index contributed by atoms with van der Waals surface area (Å²) in [6, 6.07) is 0. The van der Waals surface area contributed by atoms with Crippen LogP contribution in [0.3, 0.4) is 0 Å². The molecule has 4 heteroatoms. The minimum atomic E-state index is -0.775. The minimum absolute atomic E-state index is 0.0613. The van der Waals surface area contributed by atoms with Gasteiger partial charge in [-0.05, 0) is 0 Å². The zero-order valence-corrected chi connectivity index (χ0v) is 4.73. The van der Waals surface area contributed by atoms with Crippen molar-refractivity contribution in [2.75, 3.05) is 0 Å². The summed E-state index contributed by atoms with van der Waals surface area (Å²) >= 11 is 5.28. The van der Waals surface area contributed by atoms with Crippen molar-refractivity contribution in [1.29, 1.82) is 0 Å². The van der Waals surface area contributed by atoms with Gasteiger partial charge in [0.2, 0.25) is 5.91 Å². The Morgan fingerprint density at radius 3 is 2.38 bits per heavy atom. The molecule has 0 saturated carbocycles. The summed E-state index contributed by atoms with van der Waals surface area (Å²) < 4.78 is 0. The first kappa shape index (κ1) is 5.56. The molecule has 0 radical (unpaired) electrons. The first-order valence-electron chi connectivity index (χ1n) is 2.16. The number of hydrogen-bond donors (Lipinski definition) is 1. The lowest BCUT2D eigenvalue weighted by atomic mass is 10.3. The number of amides is 1. The molecule has 8 heavy (non-hydrogen) atoms. The lowest BCUT2D eigenvalue weighted by molar-refractivity contribution is -0.122. The van der Waals surface area contributed by atoms with Crippen molar-refractivity contribution in [3.63, 3.8) is 0 Å². The third kappa shape index (κ3) is 0.816. The van der Waals surface area contributed by atoms with E-state index in [2.05, 4.69) is 5.32 Å². The highest BCUT2D eigenvalue weighted by Crippen LogP contribution is 2.04. The van der Waals surface area contributed by atoms with E-state index < -0.39 is 5.50 Å². The Hall–Kier alpha value is -0.570. The van der Waals surface area contributed by atoms with E-state index in [9.17, 15) is 9.59 Å². The van der Waals surface area contributed by atoms with Gasteiger partial charge in [-0.2, -0.15) is 0 Å². The van der Waals surface area contributed by atoms with Crippen molar-refractivity contribution in [3.05, 3.63) is 0 Å². The maximum Gasteiger partial charge on any atom is 0.229 e. The summed E-state index contributed by atoms with van der Waals surface area (Å²) in [6.07, 6.45) is -0.0613. The minimum Gasteiger partial charge on any atom is -0.333 e. The molecule has 0 aromatic carbocycles. The molecule has 1 aliphatic rings. The molecule has 1 heterocycles. The van der Waals surface area contributed by atoms with Crippen LogP contribution in [0, 0.1) is 0 Å². The van der Waals surface area contributed by atoms with E-state index in [1.54, 1.807) is 0 Å². The Balaban J connectivity index is 2.64. The lowest BCUT2D eigenvalue weighted by Crippen LogP contribution is -2.22. The average Bonchev–Trinajstić information content (AvgIpc) is 1.85. The molecule has 1 atom stereocenters. The van der Waals surface area contributed by atoms with Crippen LogP contribution in [0.4, 0.5) is 0 Å². The smallest absolute Gasteiger partial charge is 0.229 e. The van der Waals surface area contributed by atoms with Gasteiger partial charge in [-0.15, -0.1) is 0 Å². The lowest BCUT2D eigenvalue weighted by Gasteiger charge is -1.91. The van der Waals surface area contributed by atoms with Crippen LogP contribution in [-0.2, 0) is 9.59 Å². The van der Waals surface area contributed by atoms with Gasteiger partial charge >= 0.3 is 0 Å². The van der Waals surface area contributed by atoms with E-state index in [-0.39, 0.29) is 18.1 Å². The number of halogens is 1. The van der Waals surface area contributed by atoms with Crippen molar-refractivity contribution in [1.82, 2.24) is 5.32 Å². The van der Waals surface area contributed by atoms with Gasteiger partial charge in [0.1, 0.15) is 0 Å². The first-order chi connectivity index (χ1) is 3.70. The molecular formula is C4H4ClNO2. The predicted octanol–water partition coefficient (Wildman–Crippen LogP) is -0.360. The van der Waals surface area contributed by atoms with Crippen LogP contribution in [0.25, 0.3) is 0 Å². The van der Waals surface area contributed by atoms with Crippen molar-refractivity contribution in [2.24, 2.45) is 0 Å². The van der Waals surface area contributed by atoms with Crippen molar-refractivity contribution < 1.29 is 9.59 Å². The number of Topliss-reactive ketones (excluding diaryl/α,β-unsaturated/α-hetero) is 1. The van der Waals surface area contributed by atoms with Crippen molar-refractivity contribution in [3.8, 4) is 0 Å². The Labute approximate surface area is 51.0 Å². The van der Waals surface area contributed by atoms with Gasteiger partial charge in [-0.1, -0.05) is 11.6 Å². The van der Waals surface area contributed by atoms with E-state index in [0.717, 1.165) is 0 Å². The highest BCUT2D eigenvalue weighted by atomic mass is 35.5. The molecule has 1 amide bonds. The predicted molar refractivity (Wildman–Crippen MR) is 27.4 cm³/mol. The van der Waals surface area contributed by atoms with Crippen LogP contribution >= 0.6 is 11.6 Å². The molecule has 1 aliphatic heterocycles. The van der Waals surface area contributed by atoms with Crippen LogP contribution in [0.5, 0.6) is 0 Å². The number of hydrogen-bond acceptors (Lipinski definition) is 2. The Morgan fingerprint density at radius 2 is 2.25 bits per heavy atom. The number of carbonyl (C=O) groups excluding carboxylic acids is 2. The molecule has 1 rings (SSSR count). The number of carbonyl (C=O) groups is 2. The van der Waals surface area contributed by atoms with Crippen LogP contribution in [-0.4, -0.2) is 17.2 Å². The quantitative estimate of drug-likeness (QED) is 0.279. The number of rotatable bonds is 0. The largest absolute Gasteiger partial charge is 0.333 e. The molecule has 3 nitrogen and oxygen atoms in total.